The molecule has 0 unspecified atom stereocenters. The molecule has 0 saturated carbocycles. The van der Waals surface area contributed by atoms with Gasteiger partial charge in [-0.1, -0.05) is 44.2 Å². The van der Waals surface area contributed by atoms with E-state index in [9.17, 15) is 0 Å². The Kier molecular flexibility index (Phi) is 4.57. The summed E-state index contributed by atoms with van der Waals surface area (Å²) in [7, 11) is 0. The Morgan fingerprint density at radius 2 is 1.80 bits per heavy atom. The van der Waals surface area contributed by atoms with Crippen LogP contribution in [0.25, 0.3) is 6.08 Å². The van der Waals surface area contributed by atoms with E-state index in [2.05, 4.69) is 63.4 Å². The highest BCUT2D eigenvalue weighted by molar-refractivity contribution is 5.57. The molecule has 0 saturated heterocycles. The number of hydrogen-bond acceptors (Lipinski definition) is 1. The quantitative estimate of drug-likeness (QED) is 0.791. The summed E-state index contributed by atoms with van der Waals surface area (Å²) in [6, 6.07) is 6.96. The van der Waals surface area contributed by atoms with Crippen LogP contribution in [-0.2, 0) is 0 Å². The van der Waals surface area contributed by atoms with Gasteiger partial charge in [-0.15, -0.1) is 0 Å². The lowest BCUT2D eigenvalue weighted by molar-refractivity contribution is 0.633. The van der Waals surface area contributed by atoms with Gasteiger partial charge in [-0.2, -0.15) is 0 Å². The van der Waals surface area contributed by atoms with Crippen molar-refractivity contribution in [1.82, 2.24) is 5.32 Å². The Morgan fingerprint density at radius 1 is 1.20 bits per heavy atom. The highest BCUT2D eigenvalue weighted by Crippen LogP contribution is 2.14. The molecule has 82 valence electrons. The molecule has 0 spiro atoms. The predicted octanol–water partition coefficient (Wildman–Crippen LogP) is 3.31. The second kappa shape index (κ2) is 5.72. The van der Waals surface area contributed by atoms with Crippen molar-refractivity contribution in [2.75, 3.05) is 6.54 Å². The second-order valence-corrected chi connectivity index (χ2v) is 4.27. The molecule has 15 heavy (non-hydrogen) atoms. The van der Waals surface area contributed by atoms with E-state index in [1.165, 1.54) is 16.7 Å². The lowest BCUT2D eigenvalue weighted by Gasteiger charge is -2.06. The first-order chi connectivity index (χ1) is 7.11. The van der Waals surface area contributed by atoms with Crippen molar-refractivity contribution in [2.45, 2.75) is 33.7 Å². The van der Waals surface area contributed by atoms with E-state index >= 15 is 0 Å². The third kappa shape index (κ3) is 3.88. The van der Waals surface area contributed by atoms with Gasteiger partial charge in [0.25, 0.3) is 0 Å². The van der Waals surface area contributed by atoms with Crippen LogP contribution in [-0.4, -0.2) is 12.6 Å². The van der Waals surface area contributed by atoms with E-state index < -0.39 is 0 Å². The van der Waals surface area contributed by atoms with Crippen LogP contribution in [0.2, 0.25) is 0 Å². The number of nitrogens with one attached hydrogen (secondary N) is 1. The maximum Gasteiger partial charge on any atom is 0.0140 e. The minimum Gasteiger partial charge on any atom is -0.311 e. The van der Waals surface area contributed by atoms with Gasteiger partial charge in [0.05, 0.1) is 0 Å². The maximum absolute atomic E-state index is 3.37. The number of aryl methyl sites for hydroxylation is 2. The van der Waals surface area contributed by atoms with Crippen molar-refractivity contribution in [3.05, 3.63) is 41.0 Å². The molecule has 0 bridgehead atoms. The van der Waals surface area contributed by atoms with E-state index in [1.54, 1.807) is 0 Å². The molecule has 0 aliphatic heterocycles. The van der Waals surface area contributed by atoms with Gasteiger partial charge in [-0.05, 0) is 30.5 Å². The van der Waals surface area contributed by atoms with Crippen molar-refractivity contribution in [2.24, 2.45) is 0 Å². The zero-order valence-corrected chi connectivity index (χ0v) is 10.2. The molecule has 0 aliphatic carbocycles. The molecule has 0 fully saturated rings. The van der Waals surface area contributed by atoms with Crippen LogP contribution in [0.5, 0.6) is 0 Å². The molecule has 0 heterocycles. The summed E-state index contributed by atoms with van der Waals surface area (Å²) in [5.41, 5.74) is 4.04. The van der Waals surface area contributed by atoms with Crippen LogP contribution in [0.15, 0.2) is 24.3 Å². The minimum atomic E-state index is 0.549. The van der Waals surface area contributed by atoms with E-state index in [1.807, 2.05) is 0 Å². The SMILES string of the molecule is Cc1cccc(C)c1/C=C/CNC(C)C. The number of hydrogen-bond donors (Lipinski definition) is 1. The largest absolute Gasteiger partial charge is 0.311 e. The zero-order chi connectivity index (χ0) is 11.3. The fourth-order valence-electron chi connectivity index (χ4n) is 1.57. The molecule has 0 amide bonds. The van der Waals surface area contributed by atoms with Crippen LogP contribution in [0.4, 0.5) is 0 Å². The normalized spacial score (nSPS) is 11.5. The predicted molar refractivity (Wildman–Crippen MR) is 68.1 cm³/mol. The number of rotatable bonds is 4. The van der Waals surface area contributed by atoms with E-state index in [0.29, 0.717) is 6.04 Å². The fourth-order valence-corrected chi connectivity index (χ4v) is 1.57. The Morgan fingerprint density at radius 3 is 2.33 bits per heavy atom. The summed E-state index contributed by atoms with van der Waals surface area (Å²) >= 11 is 0. The topological polar surface area (TPSA) is 12.0 Å². The Bertz CT molecular complexity index is 317. The first kappa shape index (κ1) is 12.0. The summed E-state index contributed by atoms with van der Waals surface area (Å²) in [4.78, 5) is 0. The summed E-state index contributed by atoms with van der Waals surface area (Å²) < 4.78 is 0. The highest BCUT2D eigenvalue weighted by Gasteiger charge is 1.96. The second-order valence-electron chi connectivity index (χ2n) is 4.27. The van der Waals surface area contributed by atoms with Gasteiger partial charge in [0.1, 0.15) is 0 Å². The van der Waals surface area contributed by atoms with Crippen LogP contribution in [0, 0.1) is 13.8 Å². The minimum absolute atomic E-state index is 0.549. The Balaban J connectivity index is 2.64. The van der Waals surface area contributed by atoms with Gasteiger partial charge in [-0.25, -0.2) is 0 Å². The molecule has 1 heteroatoms. The molecule has 0 aliphatic rings. The van der Waals surface area contributed by atoms with Gasteiger partial charge >= 0.3 is 0 Å². The molecule has 1 aromatic rings. The lowest BCUT2D eigenvalue weighted by Crippen LogP contribution is -2.22. The van der Waals surface area contributed by atoms with E-state index in [4.69, 9.17) is 0 Å². The zero-order valence-electron chi connectivity index (χ0n) is 10.2. The molecule has 0 radical (unpaired) electrons. The lowest BCUT2D eigenvalue weighted by atomic mass is 10.0. The van der Waals surface area contributed by atoms with E-state index in [-0.39, 0.29) is 0 Å². The van der Waals surface area contributed by atoms with Crippen molar-refractivity contribution in [3.8, 4) is 0 Å². The van der Waals surface area contributed by atoms with Gasteiger partial charge in [-0.3, -0.25) is 0 Å². The third-order valence-corrected chi connectivity index (χ3v) is 2.47. The average Bonchev–Trinajstić information content (AvgIpc) is 2.15. The fraction of sp³-hybridized carbons (Fsp3) is 0.429. The summed E-state index contributed by atoms with van der Waals surface area (Å²) in [5.74, 6) is 0. The van der Waals surface area contributed by atoms with Crippen LogP contribution in [0.1, 0.15) is 30.5 Å². The molecule has 1 N–H and O–H groups in total. The monoisotopic (exact) mass is 203 g/mol. The highest BCUT2D eigenvalue weighted by atomic mass is 14.9. The van der Waals surface area contributed by atoms with Crippen LogP contribution < -0.4 is 5.32 Å². The van der Waals surface area contributed by atoms with Gasteiger partial charge < -0.3 is 5.32 Å². The van der Waals surface area contributed by atoms with Crippen LogP contribution in [0.3, 0.4) is 0 Å². The molecule has 1 rings (SSSR count). The van der Waals surface area contributed by atoms with Crippen LogP contribution >= 0.6 is 0 Å². The average molecular weight is 203 g/mol. The molecule has 0 atom stereocenters. The standard InChI is InChI=1S/C14H21N/c1-11(2)15-10-6-9-14-12(3)7-5-8-13(14)4/h5-9,11,15H,10H2,1-4H3/b9-6+. The van der Waals surface area contributed by atoms with Crippen molar-refractivity contribution < 1.29 is 0 Å². The van der Waals surface area contributed by atoms with Gasteiger partial charge in [0.2, 0.25) is 0 Å². The maximum atomic E-state index is 3.37. The summed E-state index contributed by atoms with van der Waals surface area (Å²) in [6.45, 7) is 9.57. The van der Waals surface area contributed by atoms with E-state index in [0.717, 1.165) is 6.54 Å². The van der Waals surface area contributed by atoms with Gasteiger partial charge in [0.15, 0.2) is 0 Å². The number of benzene rings is 1. The van der Waals surface area contributed by atoms with Crippen molar-refractivity contribution in [1.29, 1.82) is 0 Å². The molecule has 1 aromatic carbocycles. The van der Waals surface area contributed by atoms with Crippen molar-refractivity contribution in [3.63, 3.8) is 0 Å². The first-order valence-electron chi connectivity index (χ1n) is 5.57. The molecule has 1 nitrogen and oxygen atoms in total. The Labute approximate surface area is 93.2 Å². The smallest absolute Gasteiger partial charge is 0.0140 e. The summed E-state index contributed by atoms with van der Waals surface area (Å²) in [5, 5.41) is 3.37. The molecular formula is C14H21N. The molecular weight excluding hydrogens is 182 g/mol. The molecule has 0 aromatic heterocycles. The third-order valence-electron chi connectivity index (χ3n) is 2.47. The van der Waals surface area contributed by atoms with Gasteiger partial charge in [0, 0.05) is 12.6 Å². The first-order valence-corrected chi connectivity index (χ1v) is 5.57. The Hall–Kier alpha value is -1.08. The van der Waals surface area contributed by atoms with Crippen molar-refractivity contribution >= 4 is 6.08 Å². The summed E-state index contributed by atoms with van der Waals surface area (Å²) in [6.07, 6.45) is 4.40.